The summed E-state index contributed by atoms with van der Waals surface area (Å²) < 4.78 is 0. The zero-order chi connectivity index (χ0) is 12.7. The quantitative estimate of drug-likeness (QED) is 0.367. The Morgan fingerprint density at radius 2 is 2.35 bits per heavy atom. The van der Waals surface area contributed by atoms with E-state index in [9.17, 15) is 4.79 Å². The highest BCUT2D eigenvalue weighted by atomic mass is 35.5. The monoisotopic (exact) mass is 253 g/mol. The first kappa shape index (κ1) is 13.2. The van der Waals surface area contributed by atoms with Crippen molar-refractivity contribution in [1.82, 2.24) is 5.32 Å². The number of azide groups is 1. The summed E-state index contributed by atoms with van der Waals surface area (Å²) >= 11 is 5.92. The van der Waals surface area contributed by atoms with Gasteiger partial charge in [-0.25, -0.2) is 4.79 Å². The van der Waals surface area contributed by atoms with E-state index in [1.54, 1.807) is 12.1 Å². The Bertz CT molecular complexity index is 456. The molecule has 1 aromatic rings. The Morgan fingerprint density at radius 3 is 3.00 bits per heavy atom. The number of rotatable bonds is 4. The van der Waals surface area contributed by atoms with Gasteiger partial charge in [-0.3, -0.25) is 0 Å². The minimum Gasteiger partial charge on any atom is -0.338 e. The number of nitrogens with one attached hydrogen (secondary N) is 2. The van der Waals surface area contributed by atoms with Gasteiger partial charge in [0.25, 0.3) is 0 Å². The molecule has 0 saturated carbocycles. The number of hydrogen-bond acceptors (Lipinski definition) is 2. The van der Waals surface area contributed by atoms with Crippen molar-refractivity contribution in [2.75, 3.05) is 18.4 Å². The van der Waals surface area contributed by atoms with Crippen molar-refractivity contribution in [3.63, 3.8) is 0 Å². The van der Waals surface area contributed by atoms with Gasteiger partial charge in [0.2, 0.25) is 0 Å². The maximum Gasteiger partial charge on any atom is 0.319 e. The van der Waals surface area contributed by atoms with Crippen LogP contribution in [0.3, 0.4) is 0 Å². The first-order chi connectivity index (χ1) is 8.13. The molecule has 0 radical (unpaired) electrons. The van der Waals surface area contributed by atoms with Crippen molar-refractivity contribution in [1.29, 1.82) is 0 Å². The van der Waals surface area contributed by atoms with Crippen molar-refractivity contribution < 1.29 is 4.79 Å². The fraction of sp³-hybridized carbons (Fsp3) is 0.300. The molecule has 17 heavy (non-hydrogen) atoms. The molecule has 7 heteroatoms. The number of carbonyl (C=O) groups excluding carboxylic acids is 1. The smallest absolute Gasteiger partial charge is 0.319 e. The molecule has 0 aliphatic rings. The molecule has 1 rings (SSSR count). The molecule has 0 saturated heterocycles. The number of halogens is 1. The van der Waals surface area contributed by atoms with Gasteiger partial charge in [-0.15, -0.1) is 0 Å². The van der Waals surface area contributed by atoms with Gasteiger partial charge in [0.1, 0.15) is 0 Å². The molecule has 1 aromatic carbocycles. The molecular formula is C10H12ClN5O. The number of nitrogens with zero attached hydrogens (tertiary/aromatic N) is 3. The Balaban J connectivity index is 2.45. The first-order valence-corrected chi connectivity index (χ1v) is 5.33. The lowest BCUT2D eigenvalue weighted by molar-refractivity contribution is 0.252. The third-order valence-electron chi connectivity index (χ3n) is 1.99. The maximum atomic E-state index is 11.4. The summed E-state index contributed by atoms with van der Waals surface area (Å²) in [4.78, 5) is 13.9. The molecule has 90 valence electrons. The van der Waals surface area contributed by atoms with Crippen LogP contribution >= 0.6 is 11.6 Å². The fourth-order valence-corrected chi connectivity index (χ4v) is 1.29. The molecule has 0 bridgehead atoms. The second kappa shape index (κ2) is 6.62. The standard InChI is InChI=1S/C10H12ClN5O/c1-7-2-3-8(6-9(7)11)15-10(17)13-4-5-14-16-12/h2-3,6H,4-5H2,1H3,(H2,13,15,17). The number of anilines is 1. The predicted octanol–water partition coefficient (Wildman–Crippen LogP) is 3.08. The minimum atomic E-state index is -0.363. The number of carbonyl (C=O) groups is 1. The topological polar surface area (TPSA) is 89.9 Å². The number of hydrogen-bond donors (Lipinski definition) is 2. The third-order valence-corrected chi connectivity index (χ3v) is 2.40. The van der Waals surface area contributed by atoms with Gasteiger partial charge in [0.15, 0.2) is 0 Å². The summed E-state index contributed by atoms with van der Waals surface area (Å²) in [5.41, 5.74) is 9.60. The molecule has 0 atom stereocenters. The Kier molecular flexibility index (Phi) is 5.13. The van der Waals surface area contributed by atoms with Crippen LogP contribution in [0.1, 0.15) is 5.56 Å². The van der Waals surface area contributed by atoms with Gasteiger partial charge in [-0.1, -0.05) is 22.8 Å². The van der Waals surface area contributed by atoms with Crippen LogP contribution < -0.4 is 10.6 Å². The van der Waals surface area contributed by atoms with Gasteiger partial charge in [-0.05, 0) is 30.2 Å². The number of amides is 2. The van der Waals surface area contributed by atoms with Gasteiger partial charge < -0.3 is 10.6 Å². The SMILES string of the molecule is Cc1ccc(NC(=O)NCCN=[N+]=[N-])cc1Cl. The van der Waals surface area contributed by atoms with E-state index in [0.29, 0.717) is 10.7 Å². The predicted molar refractivity (Wildman–Crippen MR) is 67.2 cm³/mol. The number of benzene rings is 1. The number of urea groups is 1. The normalized spacial score (nSPS) is 9.29. The van der Waals surface area contributed by atoms with Crippen molar-refractivity contribution >= 4 is 23.3 Å². The zero-order valence-electron chi connectivity index (χ0n) is 9.27. The van der Waals surface area contributed by atoms with Crippen LogP contribution in [0, 0.1) is 6.92 Å². The third kappa shape index (κ3) is 4.63. The van der Waals surface area contributed by atoms with Crippen LogP contribution in [-0.4, -0.2) is 19.1 Å². The maximum absolute atomic E-state index is 11.4. The van der Waals surface area contributed by atoms with Crippen LogP contribution in [-0.2, 0) is 0 Å². The van der Waals surface area contributed by atoms with E-state index in [0.717, 1.165) is 5.56 Å². The van der Waals surface area contributed by atoms with E-state index >= 15 is 0 Å². The zero-order valence-corrected chi connectivity index (χ0v) is 10.0. The Morgan fingerprint density at radius 1 is 1.59 bits per heavy atom. The molecule has 0 heterocycles. The molecule has 0 aliphatic heterocycles. The molecule has 0 spiro atoms. The van der Waals surface area contributed by atoms with E-state index in [-0.39, 0.29) is 19.1 Å². The first-order valence-electron chi connectivity index (χ1n) is 4.95. The Labute approximate surface area is 104 Å². The van der Waals surface area contributed by atoms with Crippen LogP contribution in [0.25, 0.3) is 10.4 Å². The van der Waals surface area contributed by atoms with E-state index in [4.69, 9.17) is 17.1 Å². The van der Waals surface area contributed by atoms with Gasteiger partial charge >= 0.3 is 6.03 Å². The molecule has 6 nitrogen and oxygen atoms in total. The van der Waals surface area contributed by atoms with Crippen LogP contribution in [0.5, 0.6) is 0 Å². The van der Waals surface area contributed by atoms with Crippen molar-refractivity contribution in [2.45, 2.75) is 6.92 Å². The molecule has 0 aliphatic carbocycles. The fourth-order valence-electron chi connectivity index (χ4n) is 1.11. The summed E-state index contributed by atoms with van der Waals surface area (Å²) in [5, 5.41) is 9.05. The van der Waals surface area contributed by atoms with Gasteiger partial charge in [-0.2, -0.15) is 0 Å². The van der Waals surface area contributed by atoms with E-state index in [1.807, 2.05) is 13.0 Å². The molecule has 0 unspecified atom stereocenters. The minimum absolute atomic E-state index is 0.221. The lowest BCUT2D eigenvalue weighted by atomic mass is 10.2. The summed E-state index contributed by atoms with van der Waals surface area (Å²) in [6.45, 7) is 2.39. The average molecular weight is 254 g/mol. The highest BCUT2D eigenvalue weighted by molar-refractivity contribution is 6.31. The summed E-state index contributed by atoms with van der Waals surface area (Å²) in [7, 11) is 0. The second-order valence-corrected chi connectivity index (χ2v) is 3.71. The molecular weight excluding hydrogens is 242 g/mol. The van der Waals surface area contributed by atoms with Crippen molar-refractivity contribution in [2.24, 2.45) is 5.11 Å². The lowest BCUT2D eigenvalue weighted by Gasteiger charge is -2.07. The largest absolute Gasteiger partial charge is 0.338 e. The van der Waals surface area contributed by atoms with Crippen LogP contribution in [0.4, 0.5) is 10.5 Å². The molecule has 0 aromatic heterocycles. The summed E-state index contributed by atoms with van der Waals surface area (Å²) in [5.74, 6) is 0. The average Bonchev–Trinajstić information content (AvgIpc) is 2.30. The molecule has 2 amide bonds. The van der Waals surface area contributed by atoms with Crippen molar-refractivity contribution in [3.05, 3.63) is 39.2 Å². The van der Waals surface area contributed by atoms with Crippen LogP contribution in [0.15, 0.2) is 23.3 Å². The molecule has 2 N–H and O–H groups in total. The van der Waals surface area contributed by atoms with E-state index < -0.39 is 0 Å². The van der Waals surface area contributed by atoms with Crippen LogP contribution in [0.2, 0.25) is 5.02 Å². The second-order valence-electron chi connectivity index (χ2n) is 3.30. The number of aryl methyl sites for hydroxylation is 1. The molecule has 0 fully saturated rings. The summed E-state index contributed by atoms with van der Waals surface area (Å²) in [6, 6.07) is 4.88. The highest BCUT2D eigenvalue weighted by Gasteiger charge is 2.02. The van der Waals surface area contributed by atoms with Gasteiger partial charge in [0.05, 0.1) is 0 Å². The van der Waals surface area contributed by atoms with Crippen molar-refractivity contribution in [3.8, 4) is 0 Å². The van der Waals surface area contributed by atoms with Gasteiger partial charge in [0, 0.05) is 28.7 Å². The summed E-state index contributed by atoms with van der Waals surface area (Å²) in [6.07, 6.45) is 0. The van der Waals surface area contributed by atoms with E-state index in [1.165, 1.54) is 0 Å². The lowest BCUT2D eigenvalue weighted by Crippen LogP contribution is -2.30. The Hall–Kier alpha value is -1.91. The van der Waals surface area contributed by atoms with E-state index in [2.05, 4.69) is 20.7 Å². The highest BCUT2D eigenvalue weighted by Crippen LogP contribution is 2.19.